The van der Waals surface area contributed by atoms with Crippen LogP contribution in [0.2, 0.25) is 0 Å². The van der Waals surface area contributed by atoms with Crippen molar-refractivity contribution in [1.29, 1.82) is 0 Å². The zero-order valence-electron chi connectivity index (χ0n) is 10.6. The van der Waals surface area contributed by atoms with Gasteiger partial charge in [0.2, 0.25) is 10.0 Å². The standard InChI is InChI=1S/C11H24N2O2S/c1-4-10(2)13(3)16(14,15)9-11-7-5-6-8-12-11/h10-12H,4-9H2,1-3H3. The Kier molecular flexibility index (Phi) is 5.21. The van der Waals surface area contributed by atoms with Crippen LogP contribution in [0.5, 0.6) is 0 Å². The maximum absolute atomic E-state index is 12.1. The molecule has 5 heteroatoms. The van der Waals surface area contributed by atoms with E-state index in [1.54, 1.807) is 7.05 Å². The molecule has 16 heavy (non-hydrogen) atoms. The van der Waals surface area contributed by atoms with Crippen molar-refractivity contribution in [3.63, 3.8) is 0 Å². The van der Waals surface area contributed by atoms with E-state index >= 15 is 0 Å². The van der Waals surface area contributed by atoms with Gasteiger partial charge in [-0.25, -0.2) is 12.7 Å². The molecule has 0 aromatic rings. The van der Waals surface area contributed by atoms with Crippen molar-refractivity contribution in [1.82, 2.24) is 9.62 Å². The van der Waals surface area contributed by atoms with Gasteiger partial charge < -0.3 is 5.32 Å². The molecule has 1 aliphatic rings. The Morgan fingerprint density at radius 3 is 2.62 bits per heavy atom. The predicted octanol–water partition coefficient (Wildman–Crippen LogP) is 1.19. The first kappa shape index (κ1) is 13.9. The molecule has 96 valence electrons. The lowest BCUT2D eigenvalue weighted by atomic mass is 10.1. The highest BCUT2D eigenvalue weighted by molar-refractivity contribution is 7.89. The third-order valence-electron chi connectivity index (χ3n) is 3.47. The van der Waals surface area contributed by atoms with Gasteiger partial charge in [0, 0.05) is 19.1 Å². The average molecular weight is 248 g/mol. The van der Waals surface area contributed by atoms with Crippen LogP contribution in [0.3, 0.4) is 0 Å². The Hall–Kier alpha value is -0.130. The second kappa shape index (κ2) is 5.98. The molecule has 4 nitrogen and oxygen atoms in total. The first-order valence-corrected chi connectivity index (χ1v) is 7.77. The molecule has 2 atom stereocenters. The maximum atomic E-state index is 12.1. The van der Waals surface area contributed by atoms with E-state index in [9.17, 15) is 8.42 Å². The van der Waals surface area contributed by atoms with Gasteiger partial charge in [0.25, 0.3) is 0 Å². The quantitative estimate of drug-likeness (QED) is 0.795. The van der Waals surface area contributed by atoms with Crippen molar-refractivity contribution in [2.45, 2.75) is 51.6 Å². The Balaban J connectivity index is 2.56. The fourth-order valence-corrected chi connectivity index (χ4v) is 3.69. The zero-order chi connectivity index (χ0) is 12.2. The molecule has 1 saturated heterocycles. The summed E-state index contributed by atoms with van der Waals surface area (Å²) < 4.78 is 25.7. The molecule has 0 amide bonds. The second-order valence-electron chi connectivity index (χ2n) is 4.70. The van der Waals surface area contributed by atoms with E-state index in [1.807, 2.05) is 13.8 Å². The zero-order valence-corrected chi connectivity index (χ0v) is 11.4. The van der Waals surface area contributed by atoms with Crippen LogP contribution >= 0.6 is 0 Å². The van der Waals surface area contributed by atoms with E-state index in [4.69, 9.17) is 0 Å². The molecule has 1 fully saturated rings. The highest BCUT2D eigenvalue weighted by atomic mass is 32.2. The smallest absolute Gasteiger partial charge is 0.215 e. The molecule has 0 aromatic heterocycles. The highest BCUT2D eigenvalue weighted by Gasteiger charge is 2.26. The summed E-state index contributed by atoms with van der Waals surface area (Å²) in [5.41, 5.74) is 0. The SMILES string of the molecule is CCC(C)N(C)S(=O)(=O)CC1CCCCN1. The normalized spacial score (nSPS) is 24.6. The molecule has 1 heterocycles. The van der Waals surface area contributed by atoms with Gasteiger partial charge >= 0.3 is 0 Å². The van der Waals surface area contributed by atoms with Crippen molar-refractivity contribution < 1.29 is 8.42 Å². The summed E-state index contributed by atoms with van der Waals surface area (Å²) in [5, 5.41) is 3.28. The predicted molar refractivity (Wildman–Crippen MR) is 66.9 cm³/mol. The molecule has 1 N–H and O–H groups in total. The fraction of sp³-hybridized carbons (Fsp3) is 1.00. The van der Waals surface area contributed by atoms with Gasteiger partial charge in [-0.2, -0.15) is 0 Å². The van der Waals surface area contributed by atoms with E-state index in [0.717, 1.165) is 32.2 Å². The third kappa shape index (κ3) is 3.71. The van der Waals surface area contributed by atoms with Gasteiger partial charge in [-0.15, -0.1) is 0 Å². The molecule has 0 aliphatic carbocycles. The number of nitrogens with one attached hydrogen (secondary N) is 1. The molecule has 0 bridgehead atoms. The lowest BCUT2D eigenvalue weighted by Crippen LogP contribution is -2.45. The van der Waals surface area contributed by atoms with E-state index in [2.05, 4.69) is 5.32 Å². The van der Waals surface area contributed by atoms with Gasteiger partial charge in [0.1, 0.15) is 0 Å². The lowest BCUT2D eigenvalue weighted by molar-refractivity contribution is 0.368. The summed E-state index contributed by atoms with van der Waals surface area (Å²) in [4.78, 5) is 0. The van der Waals surface area contributed by atoms with Gasteiger partial charge in [-0.1, -0.05) is 13.3 Å². The van der Waals surface area contributed by atoms with Crippen molar-refractivity contribution in [2.75, 3.05) is 19.3 Å². The Labute approximate surface area is 99.5 Å². The molecule has 1 rings (SSSR count). The minimum absolute atomic E-state index is 0.0913. The van der Waals surface area contributed by atoms with Crippen molar-refractivity contribution in [2.24, 2.45) is 0 Å². The van der Waals surface area contributed by atoms with Crippen molar-refractivity contribution >= 4 is 10.0 Å². The van der Waals surface area contributed by atoms with Crippen LogP contribution in [-0.4, -0.2) is 44.2 Å². The van der Waals surface area contributed by atoms with Crippen LogP contribution in [0.15, 0.2) is 0 Å². The van der Waals surface area contributed by atoms with Crippen LogP contribution in [0.25, 0.3) is 0 Å². The van der Waals surface area contributed by atoms with Crippen LogP contribution in [0, 0.1) is 0 Å². The summed E-state index contributed by atoms with van der Waals surface area (Å²) in [7, 11) is -1.41. The molecule has 0 radical (unpaired) electrons. The van der Waals surface area contributed by atoms with Crippen LogP contribution in [0.1, 0.15) is 39.5 Å². The number of hydrogen-bond donors (Lipinski definition) is 1. The minimum atomic E-state index is -3.10. The Bertz CT molecular complexity index is 297. The molecule has 1 aliphatic heterocycles. The lowest BCUT2D eigenvalue weighted by Gasteiger charge is -2.28. The van der Waals surface area contributed by atoms with Gasteiger partial charge in [0.05, 0.1) is 5.75 Å². The topological polar surface area (TPSA) is 49.4 Å². The number of piperidine rings is 1. The summed E-state index contributed by atoms with van der Waals surface area (Å²) in [6.45, 7) is 4.91. The monoisotopic (exact) mass is 248 g/mol. The van der Waals surface area contributed by atoms with Crippen LogP contribution in [0.4, 0.5) is 0 Å². The van der Waals surface area contributed by atoms with E-state index < -0.39 is 10.0 Å². The number of nitrogens with zero attached hydrogens (tertiary/aromatic N) is 1. The Morgan fingerprint density at radius 1 is 1.44 bits per heavy atom. The summed E-state index contributed by atoms with van der Waals surface area (Å²) in [5.74, 6) is 0.244. The minimum Gasteiger partial charge on any atom is -0.313 e. The van der Waals surface area contributed by atoms with Crippen molar-refractivity contribution in [3.8, 4) is 0 Å². The number of sulfonamides is 1. The first-order valence-electron chi connectivity index (χ1n) is 6.16. The summed E-state index contributed by atoms with van der Waals surface area (Å²) >= 11 is 0. The number of rotatable bonds is 5. The third-order valence-corrected chi connectivity index (χ3v) is 5.54. The second-order valence-corrected chi connectivity index (χ2v) is 6.77. The molecular formula is C11H24N2O2S. The van der Waals surface area contributed by atoms with E-state index in [0.29, 0.717) is 0 Å². The molecule has 2 unspecified atom stereocenters. The summed E-state index contributed by atoms with van der Waals surface area (Å²) in [6.07, 6.45) is 4.14. The van der Waals surface area contributed by atoms with Crippen LogP contribution < -0.4 is 5.32 Å². The molecule has 0 saturated carbocycles. The van der Waals surface area contributed by atoms with Gasteiger partial charge in [-0.3, -0.25) is 0 Å². The highest BCUT2D eigenvalue weighted by Crippen LogP contribution is 2.13. The summed E-state index contributed by atoms with van der Waals surface area (Å²) in [6, 6.07) is 0.235. The van der Waals surface area contributed by atoms with Crippen LogP contribution in [-0.2, 0) is 10.0 Å². The first-order chi connectivity index (χ1) is 7.47. The average Bonchev–Trinajstić information content (AvgIpc) is 2.27. The van der Waals surface area contributed by atoms with E-state index in [1.165, 1.54) is 4.31 Å². The maximum Gasteiger partial charge on any atom is 0.215 e. The molecule has 0 spiro atoms. The van der Waals surface area contributed by atoms with Crippen molar-refractivity contribution in [3.05, 3.63) is 0 Å². The molecular weight excluding hydrogens is 224 g/mol. The largest absolute Gasteiger partial charge is 0.313 e. The fourth-order valence-electron chi connectivity index (χ4n) is 1.97. The number of hydrogen-bond acceptors (Lipinski definition) is 3. The molecule has 0 aromatic carbocycles. The van der Waals surface area contributed by atoms with Gasteiger partial charge in [0.15, 0.2) is 0 Å². The van der Waals surface area contributed by atoms with E-state index in [-0.39, 0.29) is 17.8 Å². The van der Waals surface area contributed by atoms with Gasteiger partial charge in [-0.05, 0) is 32.7 Å². The Morgan fingerprint density at radius 2 is 2.12 bits per heavy atom.